The van der Waals surface area contributed by atoms with E-state index in [0.29, 0.717) is 45.5 Å². The van der Waals surface area contributed by atoms with Gasteiger partial charge in [0.25, 0.3) is 5.78 Å². The van der Waals surface area contributed by atoms with E-state index in [9.17, 15) is 19.5 Å². The number of hydrogen-bond donors (Lipinski definition) is 1. The van der Waals surface area contributed by atoms with Crippen molar-refractivity contribution >= 4 is 45.3 Å². The molecule has 210 valence electrons. The van der Waals surface area contributed by atoms with Gasteiger partial charge in [0.05, 0.1) is 27.9 Å². The Morgan fingerprint density at radius 2 is 1.74 bits per heavy atom. The van der Waals surface area contributed by atoms with Crippen molar-refractivity contribution in [3.8, 4) is 5.75 Å². The number of ether oxygens (including phenoxy) is 1. The standard InChI is InChI=1S/C32H26N4O5S/c1-18-26(35-15-8-7-14-24(35)33-18)28(38)25-27(22-12-9-13-23(16-22)41-17-21-10-5-4-6-11-21)36(31(40)29(25)39)32-34-19(2)30(42-32)20(3)37/h4-16,27,38H,17H2,1-3H3/b28-25+. The molecule has 0 aliphatic carbocycles. The minimum absolute atomic E-state index is 0.105. The molecule has 1 N–H and O–H groups in total. The summed E-state index contributed by atoms with van der Waals surface area (Å²) in [6.07, 6.45) is 1.73. The van der Waals surface area contributed by atoms with E-state index in [2.05, 4.69) is 9.97 Å². The molecule has 3 aromatic heterocycles. The van der Waals surface area contributed by atoms with Crippen LogP contribution in [0.5, 0.6) is 5.75 Å². The molecule has 1 amide bonds. The Hall–Kier alpha value is -5.09. The quantitative estimate of drug-likeness (QED) is 0.112. The number of amides is 1. The number of pyridine rings is 1. The maximum Gasteiger partial charge on any atom is 0.301 e. The maximum absolute atomic E-state index is 13.7. The van der Waals surface area contributed by atoms with Gasteiger partial charge in [0.15, 0.2) is 16.7 Å². The number of imidazole rings is 1. The van der Waals surface area contributed by atoms with E-state index in [1.54, 1.807) is 60.8 Å². The number of nitrogens with zero attached hydrogens (tertiary/aromatic N) is 4. The number of benzene rings is 2. The molecule has 42 heavy (non-hydrogen) atoms. The predicted octanol–water partition coefficient (Wildman–Crippen LogP) is 5.82. The number of anilines is 1. The lowest BCUT2D eigenvalue weighted by Crippen LogP contribution is -2.29. The number of Topliss-reactive ketones (excluding diaryl/α,β-unsaturated/α-hetero) is 2. The van der Waals surface area contributed by atoms with Crippen LogP contribution in [0.25, 0.3) is 11.4 Å². The van der Waals surface area contributed by atoms with E-state index < -0.39 is 17.7 Å². The third kappa shape index (κ3) is 4.65. The highest BCUT2D eigenvalue weighted by atomic mass is 32.1. The topological polar surface area (TPSA) is 114 Å². The van der Waals surface area contributed by atoms with Crippen LogP contribution in [-0.2, 0) is 16.2 Å². The van der Waals surface area contributed by atoms with Crippen molar-refractivity contribution in [3.63, 3.8) is 0 Å². The molecule has 1 atom stereocenters. The van der Waals surface area contributed by atoms with E-state index >= 15 is 0 Å². The number of aliphatic hydroxyl groups is 1. The number of aromatic nitrogens is 3. The Labute approximate surface area is 245 Å². The first-order valence-corrected chi connectivity index (χ1v) is 14.1. The molecule has 0 radical (unpaired) electrons. The molecule has 1 aliphatic rings. The molecule has 9 nitrogen and oxygen atoms in total. The van der Waals surface area contributed by atoms with Crippen molar-refractivity contribution in [1.82, 2.24) is 14.4 Å². The van der Waals surface area contributed by atoms with Crippen LogP contribution >= 0.6 is 11.3 Å². The fraction of sp³-hybridized carbons (Fsp3) is 0.156. The van der Waals surface area contributed by atoms with Crippen LogP contribution in [0.1, 0.15) is 50.8 Å². The van der Waals surface area contributed by atoms with E-state index in [0.717, 1.165) is 16.9 Å². The monoisotopic (exact) mass is 578 g/mol. The van der Waals surface area contributed by atoms with Crippen LogP contribution in [0.2, 0.25) is 0 Å². The van der Waals surface area contributed by atoms with Crippen LogP contribution in [0.4, 0.5) is 5.13 Å². The zero-order valence-electron chi connectivity index (χ0n) is 23.1. The summed E-state index contributed by atoms with van der Waals surface area (Å²) in [5, 5.41) is 11.9. The van der Waals surface area contributed by atoms with Crippen LogP contribution in [0.3, 0.4) is 0 Å². The van der Waals surface area contributed by atoms with Crippen molar-refractivity contribution < 1.29 is 24.2 Å². The summed E-state index contributed by atoms with van der Waals surface area (Å²) in [5.74, 6) is -1.74. The van der Waals surface area contributed by atoms with Gasteiger partial charge in [0.2, 0.25) is 0 Å². The second-order valence-electron chi connectivity index (χ2n) is 9.96. The number of fused-ring (bicyclic) bond motifs is 1. The highest BCUT2D eigenvalue weighted by Crippen LogP contribution is 2.44. The summed E-state index contributed by atoms with van der Waals surface area (Å²) in [4.78, 5) is 50.3. The molecule has 0 saturated carbocycles. The van der Waals surface area contributed by atoms with Gasteiger partial charge < -0.3 is 9.84 Å². The normalized spacial score (nSPS) is 16.4. The molecule has 1 fully saturated rings. The highest BCUT2D eigenvalue weighted by molar-refractivity contribution is 7.18. The minimum Gasteiger partial charge on any atom is -0.505 e. The summed E-state index contributed by atoms with van der Waals surface area (Å²) in [6.45, 7) is 5.16. The third-order valence-corrected chi connectivity index (χ3v) is 8.36. The van der Waals surface area contributed by atoms with Crippen molar-refractivity contribution in [1.29, 1.82) is 0 Å². The van der Waals surface area contributed by atoms with Gasteiger partial charge in [-0.05, 0) is 49.2 Å². The van der Waals surface area contributed by atoms with E-state index in [4.69, 9.17) is 4.74 Å². The summed E-state index contributed by atoms with van der Waals surface area (Å²) < 4.78 is 7.72. The molecule has 1 saturated heterocycles. The number of rotatable bonds is 7. The van der Waals surface area contributed by atoms with Gasteiger partial charge in [-0.25, -0.2) is 9.97 Å². The first kappa shape index (κ1) is 27.1. The summed E-state index contributed by atoms with van der Waals surface area (Å²) >= 11 is 1.04. The van der Waals surface area contributed by atoms with Crippen LogP contribution in [0, 0.1) is 13.8 Å². The van der Waals surface area contributed by atoms with Gasteiger partial charge in [0.1, 0.15) is 23.7 Å². The molecule has 4 heterocycles. The van der Waals surface area contributed by atoms with Gasteiger partial charge in [-0.2, -0.15) is 0 Å². The fourth-order valence-corrected chi connectivity index (χ4v) is 6.19. The summed E-state index contributed by atoms with van der Waals surface area (Å²) in [7, 11) is 0. The maximum atomic E-state index is 13.7. The smallest absolute Gasteiger partial charge is 0.301 e. The lowest BCUT2D eigenvalue weighted by atomic mass is 9.96. The number of carbonyl (C=O) groups is 3. The fourth-order valence-electron chi connectivity index (χ4n) is 5.20. The number of carbonyl (C=O) groups excluding carboxylic acids is 3. The molecule has 5 aromatic rings. The van der Waals surface area contributed by atoms with Crippen molar-refractivity contribution in [3.05, 3.63) is 118 Å². The van der Waals surface area contributed by atoms with Crippen molar-refractivity contribution in [2.45, 2.75) is 33.4 Å². The van der Waals surface area contributed by atoms with Gasteiger partial charge in [0, 0.05) is 13.1 Å². The van der Waals surface area contributed by atoms with Gasteiger partial charge in [-0.15, -0.1) is 0 Å². The molecule has 1 unspecified atom stereocenters. The first-order valence-electron chi connectivity index (χ1n) is 13.2. The molecule has 6 rings (SSSR count). The van der Waals surface area contributed by atoms with E-state index in [1.165, 1.54) is 11.8 Å². The van der Waals surface area contributed by atoms with E-state index in [1.807, 2.05) is 36.4 Å². The zero-order valence-corrected chi connectivity index (χ0v) is 23.9. The second kappa shape index (κ2) is 10.7. The lowest BCUT2D eigenvalue weighted by Gasteiger charge is -2.23. The zero-order chi connectivity index (χ0) is 29.5. The SMILES string of the molecule is CC(=O)c1sc(N2C(=O)C(=O)/C(=C(/O)c3c(C)nc4ccccn34)C2c2cccc(OCc3ccccc3)c2)nc1C. The number of ketones is 2. The Balaban J connectivity index is 1.52. The highest BCUT2D eigenvalue weighted by Gasteiger charge is 2.49. The average Bonchev–Trinajstić information content (AvgIpc) is 3.62. The van der Waals surface area contributed by atoms with E-state index in [-0.39, 0.29) is 22.2 Å². The Bertz CT molecular complexity index is 1910. The van der Waals surface area contributed by atoms with Crippen molar-refractivity contribution in [2.75, 3.05) is 4.90 Å². The van der Waals surface area contributed by atoms with Gasteiger partial charge >= 0.3 is 5.91 Å². The molecule has 0 bridgehead atoms. The largest absolute Gasteiger partial charge is 0.505 e. The number of aryl methyl sites for hydroxylation is 2. The Kier molecular flexibility index (Phi) is 6.91. The van der Waals surface area contributed by atoms with Gasteiger partial charge in [-0.3, -0.25) is 23.7 Å². The molecule has 0 spiro atoms. The number of thiazole rings is 1. The summed E-state index contributed by atoms with van der Waals surface area (Å²) in [6, 6.07) is 21.1. The minimum atomic E-state index is -1.04. The summed E-state index contributed by atoms with van der Waals surface area (Å²) in [5.41, 5.74) is 3.25. The van der Waals surface area contributed by atoms with Gasteiger partial charge in [-0.1, -0.05) is 59.9 Å². The predicted molar refractivity (Wildman–Crippen MR) is 159 cm³/mol. The molecular weight excluding hydrogens is 552 g/mol. The van der Waals surface area contributed by atoms with Crippen LogP contribution in [-0.4, -0.2) is 36.9 Å². The molecule has 2 aromatic carbocycles. The first-order chi connectivity index (χ1) is 20.2. The Morgan fingerprint density at radius 1 is 0.976 bits per heavy atom. The third-order valence-electron chi connectivity index (χ3n) is 7.11. The number of aliphatic hydroxyl groups excluding tert-OH is 1. The Morgan fingerprint density at radius 3 is 2.48 bits per heavy atom. The molecule has 10 heteroatoms. The average molecular weight is 579 g/mol. The molecule has 1 aliphatic heterocycles. The number of hydrogen-bond acceptors (Lipinski definition) is 8. The molecular formula is C32H26N4O5S. The van der Waals surface area contributed by atoms with Crippen LogP contribution < -0.4 is 9.64 Å². The second-order valence-corrected chi connectivity index (χ2v) is 10.9. The van der Waals surface area contributed by atoms with Crippen LogP contribution in [0.15, 0.2) is 84.6 Å². The van der Waals surface area contributed by atoms with Crippen molar-refractivity contribution in [2.24, 2.45) is 0 Å². The lowest BCUT2D eigenvalue weighted by molar-refractivity contribution is -0.132.